The summed E-state index contributed by atoms with van der Waals surface area (Å²) in [7, 11) is 0. The third-order valence-corrected chi connectivity index (χ3v) is 3.59. The molecule has 2 saturated heterocycles. The molecule has 0 atom stereocenters. The SMILES string of the molecule is CC1CCN(C(=O)N2CCCNC(=O)C2)CC1. The average Bonchev–Trinajstić information content (AvgIpc) is 2.54. The maximum atomic E-state index is 12.2. The molecule has 2 aliphatic rings. The third kappa shape index (κ3) is 3.11. The van der Waals surface area contributed by atoms with E-state index < -0.39 is 0 Å². The molecule has 0 spiro atoms. The Morgan fingerprint density at radius 1 is 1.24 bits per heavy atom. The first-order valence-electron chi connectivity index (χ1n) is 6.47. The van der Waals surface area contributed by atoms with Crippen LogP contribution >= 0.6 is 0 Å². The summed E-state index contributed by atoms with van der Waals surface area (Å²) in [5, 5.41) is 2.79. The van der Waals surface area contributed by atoms with E-state index in [1.807, 2.05) is 4.90 Å². The van der Waals surface area contributed by atoms with Crippen LogP contribution in [0.3, 0.4) is 0 Å². The van der Waals surface area contributed by atoms with E-state index in [2.05, 4.69) is 12.2 Å². The largest absolute Gasteiger partial charge is 0.354 e. The zero-order valence-electron chi connectivity index (χ0n) is 10.4. The molecule has 0 radical (unpaired) electrons. The quantitative estimate of drug-likeness (QED) is 0.675. The van der Waals surface area contributed by atoms with Crippen molar-refractivity contribution < 1.29 is 9.59 Å². The first-order valence-corrected chi connectivity index (χ1v) is 6.47. The molecule has 2 aliphatic heterocycles. The standard InChI is InChI=1S/C12H21N3O2/c1-10-3-7-14(8-4-10)12(17)15-6-2-5-13-11(16)9-15/h10H,2-9H2,1H3,(H,13,16). The molecule has 0 bridgehead atoms. The van der Waals surface area contributed by atoms with E-state index in [0.717, 1.165) is 32.4 Å². The number of urea groups is 1. The lowest BCUT2D eigenvalue weighted by atomic mass is 9.99. The molecule has 5 heteroatoms. The predicted octanol–water partition coefficient (Wildman–Crippen LogP) is 0.660. The molecule has 0 aromatic carbocycles. The third-order valence-electron chi connectivity index (χ3n) is 3.59. The van der Waals surface area contributed by atoms with Crippen LogP contribution < -0.4 is 5.32 Å². The number of nitrogens with zero attached hydrogens (tertiary/aromatic N) is 2. The van der Waals surface area contributed by atoms with Gasteiger partial charge in [0.05, 0.1) is 0 Å². The Balaban J connectivity index is 1.91. The molecule has 0 aromatic heterocycles. The van der Waals surface area contributed by atoms with E-state index in [0.29, 0.717) is 19.0 Å². The van der Waals surface area contributed by atoms with E-state index in [4.69, 9.17) is 0 Å². The maximum absolute atomic E-state index is 12.2. The molecule has 96 valence electrons. The van der Waals surface area contributed by atoms with Gasteiger partial charge in [0.1, 0.15) is 6.54 Å². The lowest BCUT2D eigenvalue weighted by molar-refractivity contribution is -0.121. The van der Waals surface area contributed by atoms with Crippen molar-refractivity contribution in [2.75, 3.05) is 32.7 Å². The number of carbonyl (C=O) groups is 2. The van der Waals surface area contributed by atoms with Crippen LogP contribution in [0.1, 0.15) is 26.2 Å². The molecule has 5 nitrogen and oxygen atoms in total. The van der Waals surface area contributed by atoms with Gasteiger partial charge < -0.3 is 15.1 Å². The van der Waals surface area contributed by atoms with Crippen LogP contribution in [0.25, 0.3) is 0 Å². The van der Waals surface area contributed by atoms with Gasteiger partial charge in [-0.3, -0.25) is 4.79 Å². The Bertz CT molecular complexity index is 298. The number of hydrogen-bond acceptors (Lipinski definition) is 2. The zero-order chi connectivity index (χ0) is 12.3. The summed E-state index contributed by atoms with van der Waals surface area (Å²) in [6, 6.07) is 0.0361. The van der Waals surface area contributed by atoms with Gasteiger partial charge in [-0.15, -0.1) is 0 Å². The summed E-state index contributed by atoms with van der Waals surface area (Å²) < 4.78 is 0. The first-order chi connectivity index (χ1) is 8.16. The van der Waals surface area contributed by atoms with Crippen LogP contribution in [0.5, 0.6) is 0 Å². The van der Waals surface area contributed by atoms with Crippen molar-refractivity contribution in [3.05, 3.63) is 0 Å². The molecule has 0 unspecified atom stereocenters. The maximum Gasteiger partial charge on any atom is 0.320 e. The molecule has 1 N–H and O–H groups in total. The normalized spacial score (nSPS) is 23.2. The number of amides is 3. The Morgan fingerprint density at radius 3 is 2.65 bits per heavy atom. The Hall–Kier alpha value is -1.26. The molecule has 0 aromatic rings. The lowest BCUT2D eigenvalue weighted by Gasteiger charge is -2.34. The van der Waals surface area contributed by atoms with Crippen molar-refractivity contribution in [2.45, 2.75) is 26.2 Å². The Morgan fingerprint density at radius 2 is 1.94 bits per heavy atom. The van der Waals surface area contributed by atoms with E-state index in [-0.39, 0.29) is 18.5 Å². The zero-order valence-corrected chi connectivity index (χ0v) is 10.4. The van der Waals surface area contributed by atoms with Crippen LogP contribution in [0.15, 0.2) is 0 Å². The Labute approximate surface area is 102 Å². The second kappa shape index (κ2) is 5.38. The second-order valence-corrected chi connectivity index (χ2v) is 5.08. The summed E-state index contributed by atoms with van der Waals surface area (Å²) in [6.07, 6.45) is 3.00. The highest BCUT2D eigenvalue weighted by Crippen LogP contribution is 2.17. The minimum absolute atomic E-state index is 0.0361. The van der Waals surface area contributed by atoms with Crippen LogP contribution in [0.4, 0.5) is 4.79 Å². The molecule has 2 rings (SSSR count). The average molecular weight is 239 g/mol. The summed E-state index contributed by atoms with van der Waals surface area (Å²) in [5.74, 6) is 0.674. The Kier molecular flexibility index (Phi) is 3.86. The van der Waals surface area contributed by atoms with Crippen molar-refractivity contribution in [3.8, 4) is 0 Å². The summed E-state index contributed by atoms with van der Waals surface area (Å²) in [5.41, 5.74) is 0. The summed E-state index contributed by atoms with van der Waals surface area (Å²) in [4.78, 5) is 27.2. The summed E-state index contributed by atoms with van der Waals surface area (Å²) in [6.45, 7) is 5.46. The molecular weight excluding hydrogens is 218 g/mol. The van der Waals surface area contributed by atoms with Crippen LogP contribution in [-0.2, 0) is 4.79 Å². The van der Waals surface area contributed by atoms with E-state index in [1.54, 1.807) is 4.90 Å². The molecule has 2 fully saturated rings. The number of nitrogens with one attached hydrogen (secondary N) is 1. The number of piperidine rings is 1. The highest BCUT2D eigenvalue weighted by Gasteiger charge is 2.26. The molecule has 2 heterocycles. The van der Waals surface area contributed by atoms with Crippen molar-refractivity contribution in [2.24, 2.45) is 5.92 Å². The van der Waals surface area contributed by atoms with E-state index in [1.165, 1.54) is 0 Å². The van der Waals surface area contributed by atoms with Crippen LogP contribution in [0, 0.1) is 5.92 Å². The fourth-order valence-electron chi connectivity index (χ4n) is 2.37. The van der Waals surface area contributed by atoms with Crippen molar-refractivity contribution in [1.29, 1.82) is 0 Å². The van der Waals surface area contributed by atoms with Crippen molar-refractivity contribution in [3.63, 3.8) is 0 Å². The smallest absolute Gasteiger partial charge is 0.320 e. The molecule has 0 saturated carbocycles. The van der Waals surface area contributed by atoms with Gasteiger partial charge in [0, 0.05) is 26.2 Å². The van der Waals surface area contributed by atoms with E-state index >= 15 is 0 Å². The van der Waals surface area contributed by atoms with Gasteiger partial charge in [-0.1, -0.05) is 6.92 Å². The van der Waals surface area contributed by atoms with Gasteiger partial charge >= 0.3 is 6.03 Å². The van der Waals surface area contributed by atoms with Crippen molar-refractivity contribution in [1.82, 2.24) is 15.1 Å². The highest BCUT2D eigenvalue weighted by molar-refractivity contribution is 5.84. The topological polar surface area (TPSA) is 52.7 Å². The van der Waals surface area contributed by atoms with Gasteiger partial charge in [-0.2, -0.15) is 0 Å². The number of hydrogen-bond donors (Lipinski definition) is 1. The minimum atomic E-state index is -0.0405. The molecule has 17 heavy (non-hydrogen) atoms. The van der Waals surface area contributed by atoms with Gasteiger partial charge in [-0.25, -0.2) is 4.79 Å². The summed E-state index contributed by atoms with van der Waals surface area (Å²) >= 11 is 0. The second-order valence-electron chi connectivity index (χ2n) is 5.08. The van der Waals surface area contributed by atoms with Gasteiger partial charge in [-0.05, 0) is 25.2 Å². The molecular formula is C12H21N3O2. The van der Waals surface area contributed by atoms with E-state index in [9.17, 15) is 9.59 Å². The highest BCUT2D eigenvalue weighted by atomic mass is 16.2. The minimum Gasteiger partial charge on any atom is -0.354 e. The molecule has 3 amide bonds. The predicted molar refractivity (Wildman–Crippen MR) is 64.6 cm³/mol. The fraction of sp³-hybridized carbons (Fsp3) is 0.833. The van der Waals surface area contributed by atoms with Crippen LogP contribution in [0.2, 0.25) is 0 Å². The number of rotatable bonds is 0. The molecule has 0 aliphatic carbocycles. The van der Waals surface area contributed by atoms with Crippen LogP contribution in [-0.4, -0.2) is 54.5 Å². The van der Waals surface area contributed by atoms with Gasteiger partial charge in [0.25, 0.3) is 0 Å². The monoisotopic (exact) mass is 239 g/mol. The van der Waals surface area contributed by atoms with Gasteiger partial charge in [0.2, 0.25) is 5.91 Å². The first kappa shape index (κ1) is 12.2. The number of carbonyl (C=O) groups excluding carboxylic acids is 2. The number of likely N-dealkylation sites (tertiary alicyclic amines) is 1. The van der Waals surface area contributed by atoms with Crippen molar-refractivity contribution >= 4 is 11.9 Å². The van der Waals surface area contributed by atoms with Gasteiger partial charge in [0.15, 0.2) is 0 Å². The lowest BCUT2D eigenvalue weighted by Crippen LogP contribution is -2.48. The fourth-order valence-corrected chi connectivity index (χ4v) is 2.37.